The van der Waals surface area contributed by atoms with Crippen LogP contribution in [-0.4, -0.2) is 27.6 Å². The molecular weight excluding hydrogens is 356 g/mol. The van der Waals surface area contributed by atoms with Gasteiger partial charge < -0.3 is 14.8 Å². The standard InChI is InChI=1S/C17H18N4O2S2/c22-16(12-6-4-10-19-17(12)24)18-9-3-1-2-8-14-20-15(21-23-14)13-7-5-11-25-13/h4-7,10-11H,1-3,8-9H2,(H,18,22)(H,19,24). The molecule has 0 aromatic carbocycles. The minimum Gasteiger partial charge on any atom is -0.352 e. The van der Waals surface area contributed by atoms with Crippen LogP contribution < -0.4 is 5.32 Å². The number of thiophene rings is 1. The minimum atomic E-state index is -0.139. The number of H-pyrrole nitrogens is 1. The lowest BCUT2D eigenvalue weighted by Crippen LogP contribution is -2.24. The van der Waals surface area contributed by atoms with Gasteiger partial charge in [0.15, 0.2) is 0 Å². The van der Waals surface area contributed by atoms with Gasteiger partial charge in [-0.3, -0.25) is 4.79 Å². The Labute approximate surface area is 154 Å². The van der Waals surface area contributed by atoms with E-state index in [0.29, 0.717) is 28.5 Å². The van der Waals surface area contributed by atoms with Gasteiger partial charge in [0.25, 0.3) is 5.91 Å². The first-order valence-electron chi connectivity index (χ1n) is 8.06. The zero-order chi connectivity index (χ0) is 17.5. The van der Waals surface area contributed by atoms with Crippen molar-refractivity contribution in [3.05, 3.63) is 51.9 Å². The summed E-state index contributed by atoms with van der Waals surface area (Å²) in [5.74, 6) is 1.17. The van der Waals surface area contributed by atoms with E-state index in [1.165, 1.54) is 0 Å². The van der Waals surface area contributed by atoms with Gasteiger partial charge in [-0.2, -0.15) is 4.98 Å². The van der Waals surface area contributed by atoms with E-state index in [9.17, 15) is 4.79 Å². The van der Waals surface area contributed by atoms with Crippen molar-refractivity contribution in [3.63, 3.8) is 0 Å². The number of hydrogen-bond donors (Lipinski definition) is 2. The summed E-state index contributed by atoms with van der Waals surface area (Å²) in [6.07, 6.45) is 5.25. The van der Waals surface area contributed by atoms with Crippen LogP contribution in [0.15, 0.2) is 40.4 Å². The fourth-order valence-electron chi connectivity index (χ4n) is 2.34. The highest BCUT2D eigenvalue weighted by Gasteiger charge is 2.09. The Morgan fingerprint density at radius 2 is 2.20 bits per heavy atom. The van der Waals surface area contributed by atoms with Crippen molar-refractivity contribution >= 4 is 29.5 Å². The van der Waals surface area contributed by atoms with Crippen molar-refractivity contribution < 1.29 is 9.32 Å². The normalized spacial score (nSPS) is 10.7. The molecule has 1 amide bonds. The lowest BCUT2D eigenvalue weighted by Gasteiger charge is -2.04. The number of nitrogens with zero attached hydrogens (tertiary/aromatic N) is 2. The average molecular weight is 374 g/mol. The molecule has 0 atom stereocenters. The number of nitrogens with one attached hydrogen (secondary N) is 2. The van der Waals surface area contributed by atoms with Crippen LogP contribution in [0.2, 0.25) is 0 Å². The molecule has 3 aromatic rings. The van der Waals surface area contributed by atoms with Gasteiger partial charge in [-0.25, -0.2) is 0 Å². The summed E-state index contributed by atoms with van der Waals surface area (Å²) in [6, 6.07) is 7.42. The number of rotatable bonds is 8. The maximum Gasteiger partial charge on any atom is 0.254 e. The third-order valence-corrected chi connectivity index (χ3v) is 4.83. The van der Waals surface area contributed by atoms with Gasteiger partial charge in [-0.05, 0) is 36.4 Å². The number of aromatic amines is 1. The molecule has 0 aliphatic heterocycles. The molecule has 0 aliphatic carbocycles. The molecule has 0 unspecified atom stereocenters. The van der Waals surface area contributed by atoms with E-state index in [1.54, 1.807) is 29.7 Å². The molecule has 0 fully saturated rings. The molecule has 8 heteroatoms. The molecule has 130 valence electrons. The number of carbonyl (C=O) groups excluding carboxylic acids is 1. The highest BCUT2D eigenvalue weighted by Crippen LogP contribution is 2.21. The fourth-order valence-corrected chi connectivity index (χ4v) is 3.22. The van der Waals surface area contributed by atoms with Crippen LogP contribution in [0, 0.1) is 4.64 Å². The van der Waals surface area contributed by atoms with Gasteiger partial charge in [0.1, 0.15) is 4.64 Å². The van der Waals surface area contributed by atoms with Crippen LogP contribution in [-0.2, 0) is 6.42 Å². The van der Waals surface area contributed by atoms with Gasteiger partial charge in [-0.1, -0.05) is 29.9 Å². The van der Waals surface area contributed by atoms with Gasteiger partial charge in [-0.15, -0.1) is 11.3 Å². The molecule has 0 saturated carbocycles. The number of hydrogen-bond acceptors (Lipinski definition) is 6. The molecule has 0 saturated heterocycles. The SMILES string of the molecule is O=C(NCCCCCc1nc(-c2cccs2)no1)c1ccc[nH]c1=S. The number of pyridine rings is 1. The van der Waals surface area contributed by atoms with E-state index < -0.39 is 0 Å². The molecule has 3 heterocycles. The molecule has 0 bridgehead atoms. The first-order chi connectivity index (χ1) is 12.2. The summed E-state index contributed by atoms with van der Waals surface area (Å²) < 4.78 is 5.72. The topological polar surface area (TPSA) is 83.8 Å². The monoisotopic (exact) mass is 374 g/mol. The summed E-state index contributed by atoms with van der Waals surface area (Å²) in [5, 5.41) is 8.87. The Hall–Kier alpha value is -2.32. The Morgan fingerprint density at radius 1 is 1.28 bits per heavy atom. The number of carbonyl (C=O) groups is 1. The molecule has 0 radical (unpaired) electrons. The van der Waals surface area contributed by atoms with Crippen LogP contribution in [0.5, 0.6) is 0 Å². The Bertz CT molecular complexity index is 871. The van der Waals surface area contributed by atoms with Gasteiger partial charge in [0.2, 0.25) is 11.7 Å². The molecular formula is C17H18N4O2S2. The molecule has 6 nitrogen and oxygen atoms in total. The number of aryl methyl sites for hydroxylation is 1. The highest BCUT2D eigenvalue weighted by atomic mass is 32.1. The zero-order valence-electron chi connectivity index (χ0n) is 13.5. The van der Waals surface area contributed by atoms with E-state index in [4.69, 9.17) is 16.7 Å². The quantitative estimate of drug-likeness (QED) is 0.460. The maximum atomic E-state index is 12.0. The van der Waals surface area contributed by atoms with E-state index >= 15 is 0 Å². The molecule has 3 rings (SSSR count). The van der Waals surface area contributed by atoms with Crippen molar-refractivity contribution in [2.75, 3.05) is 6.54 Å². The molecule has 0 aliphatic rings. The lowest BCUT2D eigenvalue weighted by atomic mass is 10.2. The highest BCUT2D eigenvalue weighted by molar-refractivity contribution is 7.71. The summed E-state index contributed by atoms with van der Waals surface area (Å²) in [6.45, 7) is 0.618. The van der Waals surface area contributed by atoms with Crippen molar-refractivity contribution in [2.24, 2.45) is 0 Å². The third-order valence-electron chi connectivity index (χ3n) is 3.63. The number of unbranched alkanes of at least 4 members (excludes halogenated alkanes) is 2. The summed E-state index contributed by atoms with van der Waals surface area (Å²) in [4.78, 5) is 20.3. The predicted molar refractivity (Wildman–Crippen MR) is 99.1 cm³/mol. The first kappa shape index (κ1) is 17.5. The third kappa shape index (κ3) is 4.83. The number of amides is 1. The van der Waals surface area contributed by atoms with E-state index in [0.717, 1.165) is 30.6 Å². The first-order valence-corrected chi connectivity index (χ1v) is 9.35. The summed E-state index contributed by atoms with van der Waals surface area (Å²) in [5.41, 5.74) is 0.504. The van der Waals surface area contributed by atoms with Crippen LogP contribution >= 0.6 is 23.6 Å². The van der Waals surface area contributed by atoms with Gasteiger partial charge in [0.05, 0.1) is 10.4 Å². The Balaban J connectivity index is 1.35. The molecule has 3 aromatic heterocycles. The number of aromatic nitrogens is 3. The lowest BCUT2D eigenvalue weighted by molar-refractivity contribution is 0.0952. The molecule has 2 N–H and O–H groups in total. The van der Waals surface area contributed by atoms with E-state index in [-0.39, 0.29) is 5.91 Å². The Kier molecular flexibility index (Phi) is 6.08. The second-order valence-corrected chi connectivity index (χ2v) is 6.82. The zero-order valence-corrected chi connectivity index (χ0v) is 15.2. The van der Waals surface area contributed by atoms with Crippen molar-refractivity contribution in [1.29, 1.82) is 0 Å². The largest absolute Gasteiger partial charge is 0.352 e. The Morgan fingerprint density at radius 3 is 3.00 bits per heavy atom. The fraction of sp³-hybridized carbons (Fsp3) is 0.294. The van der Waals surface area contributed by atoms with Crippen molar-refractivity contribution in [1.82, 2.24) is 20.4 Å². The van der Waals surface area contributed by atoms with Crippen LogP contribution in [0.25, 0.3) is 10.7 Å². The smallest absolute Gasteiger partial charge is 0.254 e. The second-order valence-electron chi connectivity index (χ2n) is 5.47. The average Bonchev–Trinajstić information content (AvgIpc) is 3.29. The van der Waals surface area contributed by atoms with E-state index in [1.807, 2.05) is 17.5 Å². The maximum absolute atomic E-state index is 12.0. The predicted octanol–water partition coefficient (Wildman–Crippen LogP) is 4.00. The molecule has 0 spiro atoms. The molecule has 25 heavy (non-hydrogen) atoms. The van der Waals surface area contributed by atoms with Gasteiger partial charge in [0, 0.05) is 19.2 Å². The van der Waals surface area contributed by atoms with Crippen LogP contribution in [0.1, 0.15) is 35.5 Å². The van der Waals surface area contributed by atoms with Crippen LogP contribution in [0.3, 0.4) is 0 Å². The summed E-state index contributed by atoms with van der Waals surface area (Å²) >= 11 is 6.69. The van der Waals surface area contributed by atoms with Gasteiger partial charge >= 0.3 is 0 Å². The van der Waals surface area contributed by atoms with Crippen LogP contribution in [0.4, 0.5) is 0 Å². The van der Waals surface area contributed by atoms with Crippen molar-refractivity contribution in [3.8, 4) is 10.7 Å². The van der Waals surface area contributed by atoms with E-state index in [2.05, 4.69) is 20.4 Å². The van der Waals surface area contributed by atoms with Crippen molar-refractivity contribution in [2.45, 2.75) is 25.7 Å². The minimum absolute atomic E-state index is 0.139. The second kappa shape index (κ2) is 8.68. The summed E-state index contributed by atoms with van der Waals surface area (Å²) in [7, 11) is 0.